The maximum Gasteiger partial charge on any atom is 0.410 e. The molecule has 0 radical (unpaired) electrons. The number of ether oxygens (including phenoxy) is 2. The minimum absolute atomic E-state index is 0.137. The Hall–Kier alpha value is -1.62. The SMILES string of the molecule is CC(C)(C)OC(=O)N1C[C@@H](N)[C@H](N)C1.CC(C)(C)OC(=O)N1C[C@H](N)[C@@H](N)C1. The zero-order valence-electron chi connectivity index (χ0n) is 18.0. The van der Waals surface area contributed by atoms with Crippen LogP contribution in [-0.4, -0.2) is 83.5 Å². The minimum atomic E-state index is -0.464. The number of amides is 2. The van der Waals surface area contributed by atoms with Crippen molar-refractivity contribution >= 4 is 12.2 Å². The Balaban J connectivity index is 0.000000280. The predicted molar refractivity (Wildman–Crippen MR) is 108 cm³/mol. The van der Waals surface area contributed by atoms with Crippen LogP contribution in [0.2, 0.25) is 0 Å². The summed E-state index contributed by atoms with van der Waals surface area (Å²) in [6, 6.07) is -0.546. The number of hydrogen-bond donors (Lipinski definition) is 4. The summed E-state index contributed by atoms with van der Waals surface area (Å²) >= 11 is 0. The van der Waals surface area contributed by atoms with Crippen LogP contribution in [0.25, 0.3) is 0 Å². The Labute approximate surface area is 167 Å². The van der Waals surface area contributed by atoms with Gasteiger partial charge in [0.1, 0.15) is 11.2 Å². The van der Waals surface area contributed by atoms with Crippen molar-refractivity contribution in [3.05, 3.63) is 0 Å². The van der Waals surface area contributed by atoms with E-state index >= 15 is 0 Å². The summed E-state index contributed by atoms with van der Waals surface area (Å²) in [5.74, 6) is 0. The van der Waals surface area contributed by atoms with E-state index < -0.39 is 11.2 Å². The molecule has 0 aromatic carbocycles. The molecule has 0 spiro atoms. The first-order valence-corrected chi connectivity index (χ1v) is 9.57. The molecular weight excluding hydrogens is 364 g/mol. The Morgan fingerprint density at radius 2 is 0.857 bits per heavy atom. The van der Waals surface area contributed by atoms with Crippen molar-refractivity contribution in [2.45, 2.75) is 76.9 Å². The third-order valence-electron chi connectivity index (χ3n) is 4.13. The van der Waals surface area contributed by atoms with Gasteiger partial charge in [0.05, 0.1) is 0 Å². The van der Waals surface area contributed by atoms with Crippen LogP contribution < -0.4 is 22.9 Å². The molecule has 10 heteroatoms. The molecule has 0 unspecified atom stereocenters. The van der Waals surface area contributed by atoms with Gasteiger partial charge in [-0.3, -0.25) is 0 Å². The maximum atomic E-state index is 11.5. The standard InChI is InChI=1S/2C9H19N3O2/c2*1-9(2,3)14-8(13)12-4-6(10)7(11)5-12/h2*6-7H,4-5,10-11H2,1-3H3/t2*6-,7-/m10/s1. The molecule has 2 aliphatic heterocycles. The van der Waals surface area contributed by atoms with Crippen LogP contribution in [-0.2, 0) is 9.47 Å². The van der Waals surface area contributed by atoms with E-state index in [9.17, 15) is 9.59 Å². The first-order valence-electron chi connectivity index (χ1n) is 9.57. The smallest absolute Gasteiger partial charge is 0.410 e. The molecule has 0 aliphatic carbocycles. The van der Waals surface area contributed by atoms with Crippen LogP contribution in [0.4, 0.5) is 9.59 Å². The number of likely N-dealkylation sites (tertiary alicyclic amines) is 2. The molecule has 2 fully saturated rings. The maximum absolute atomic E-state index is 11.5. The second-order valence-corrected chi connectivity index (χ2v) is 9.43. The van der Waals surface area contributed by atoms with E-state index in [4.69, 9.17) is 32.4 Å². The Morgan fingerprint density at radius 3 is 1.04 bits per heavy atom. The third kappa shape index (κ3) is 8.17. The van der Waals surface area contributed by atoms with Crippen molar-refractivity contribution in [3.8, 4) is 0 Å². The molecule has 4 atom stereocenters. The highest BCUT2D eigenvalue weighted by Gasteiger charge is 2.33. The number of carbonyl (C=O) groups is 2. The minimum Gasteiger partial charge on any atom is -0.444 e. The van der Waals surface area contributed by atoms with Gasteiger partial charge < -0.3 is 42.2 Å². The Kier molecular flexibility index (Phi) is 8.07. The average molecular weight is 403 g/mol. The summed E-state index contributed by atoms with van der Waals surface area (Å²) in [5, 5.41) is 0. The molecule has 2 heterocycles. The van der Waals surface area contributed by atoms with Gasteiger partial charge in [-0.25, -0.2) is 9.59 Å². The number of rotatable bonds is 0. The summed E-state index contributed by atoms with van der Waals surface area (Å²) < 4.78 is 10.4. The molecule has 2 aliphatic rings. The molecule has 2 rings (SSSR count). The molecule has 0 bridgehead atoms. The first kappa shape index (κ1) is 24.4. The van der Waals surface area contributed by atoms with Gasteiger partial charge in [-0.1, -0.05) is 0 Å². The van der Waals surface area contributed by atoms with Crippen molar-refractivity contribution in [2.24, 2.45) is 22.9 Å². The molecular formula is C18H38N6O4. The number of nitrogens with zero attached hydrogens (tertiary/aromatic N) is 2. The summed E-state index contributed by atoms with van der Waals surface area (Å²) in [4.78, 5) is 26.2. The lowest BCUT2D eigenvalue weighted by Gasteiger charge is -2.24. The van der Waals surface area contributed by atoms with Gasteiger partial charge in [-0.2, -0.15) is 0 Å². The number of nitrogens with two attached hydrogens (primary N) is 4. The van der Waals surface area contributed by atoms with Gasteiger partial charge in [-0.05, 0) is 41.5 Å². The van der Waals surface area contributed by atoms with Crippen molar-refractivity contribution in [3.63, 3.8) is 0 Å². The number of carbonyl (C=O) groups excluding carboxylic acids is 2. The van der Waals surface area contributed by atoms with Gasteiger partial charge in [0, 0.05) is 50.3 Å². The second kappa shape index (κ2) is 9.25. The molecule has 2 saturated heterocycles. The second-order valence-electron chi connectivity index (χ2n) is 9.43. The zero-order chi connectivity index (χ0) is 21.9. The van der Waals surface area contributed by atoms with E-state index in [2.05, 4.69) is 0 Å². The molecule has 0 aromatic heterocycles. The Morgan fingerprint density at radius 1 is 0.643 bits per heavy atom. The van der Waals surface area contributed by atoms with Crippen LogP contribution in [0.5, 0.6) is 0 Å². The van der Waals surface area contributed by atoms with Crippen LogP contribution in [0, 0.1) is 0 Å². The van der Waals surface area contributed by atoms with E-state index in [0.29, 0.717) is 26.2 Å². The molecule has 10 nitrogen and oxygen atoms in total. The van der Waals surface area contributed by atoms with Crippen molar-refractivity contribution in [2.75, 3.05) is 26.2 Å². The fourth-order valence-corrected chi connectivity index (χ4v) is 2.66. The van der Waals surface area contributed by atoms with E-state index in [-0.39, 0.29) is 36.4 Å². The van der Waals surface area contributed by atoms with Crippen LogP contribution in [0.15, 0.2) is 0 Å². The van der Waals surface area contributed by atoms with Crippen LogP contribution in [0.3, 0.4) is 0 Å². The first-order chi connectivity index (χ1) is 12.6. The number of hydrogen-bond acceptors (Lipinski definition) is 8. The van der Waals surface area contributed by atoms with E-state index in [1.807, 2.05) is 41.5 Å². The van der Waals surface area contributed by atoms with Crippen molar-refractivity contribution in [1.82, 2.24) is 9.80 Å². The van der Waals surface area contributed by atoms with E-state index in [0.717, 1.165) is 0 Å². The summed E-state index contributed by atoms with van der Waals surface area (Å²) in [5.41, 5.74) is 21.9. The normalized spacial score (nSPS) is 27.9. The molecule has 164 valence electrons. The fourth-order valence-electron chi connectivity index (χ4n) is 2.66. The van der Waals surface area contributed by atoms with Gasteiger partial charge in [0.2, 0.25) is 0 Å². The van der Waals surface area contributed by atoms with Gasteiger partial charge in [0.15, 0.2) is 0 Å². The molecule has 2 amide bonds. The highest BCUT2D eigenvalue weighted by atomic mass is 16.6. The third-order valence-corrected chi connectivity index (χ3v) is 4.13. The quantitative estimate of drug-likeness (QED) is 0.432. The lowest BCUT2D eigenvalue weighted by atomic mass is 10.2. The van der Waals surface area contributed by atoms with E-state index in [1.165, 1.54) is 0 Å². The van der Waals surface area contributed by atoms with Gasteiger partial charge in [0.25, 0.3) is 0 Å². The lowest BCUT2D eigenvalue weighted by molar-refractivity contribution is 0.0280. The highest BCUT2D eigenvalue weighted by molar-refractivity contribution is 5.69. The molecule has 0 saturated carbocycles. The van der Waals surface area contributed by atoms with Crippen LogP contribution in [0.1, 0.15) is 41.5 Å². The van der Waals surface area contributed by atoms with Crippen LogP contribution >= 0.6 is 0 Å². The molecule has 28 heavy (non-hydrogen) atoms. The topological polar surface area (TPSA) is 163 Å². The zero-order valence-corrected chi connectivity index (χ0v) is 18.0. The summed E-state index contributed by atoms with van der Waals surface area (Å²) in [6.07, 6.45) is -0.665. The fraction of sp³-hybridized carbons (Fsp3) is 0.889. The van der Waals surface area contributed by atoms with Crippen molar-refractivity contribution < 1.29 is 19.1 Å². The lowest BCUT2D eigenvalue weighted by Crippen LogP contribution is -2.39. The molecule has 8 N–H and O–H groups in total. The summed E-state index contributed by atoms with van der Waals surface area (Å²) in [6.45, 7) is 12.9. The highest BCUT2D eigenvalue weighted by Crippen LogP contribution is 2.14. The average Bonchev–Trinajstić information content (AvgIpc) is 3.00. The monoisotopic (exact) mass is 402 g/mol. The summed E-state index contributed by atoms with van der Waals surface area (Å²) in [7, 11) is 0. The van der Waals surface area contributed by atoms with Gasteiger partial charge >= 0.3 is 12.2 Å². The predicted octanol–water partition coefficient (Wildman–Crippen LogP) is -0.217. The Bertz CT molecular complexity index is 477. The largest absolute Gasteiger partial charge is 0.444 e. The van der Waals surface area contributed by atoms with E-state index in [1.54, 1.807) is 9.80 Å². The van der Waals surface area contributed by atoms with Gasteiger partial charge in [-0.15, -0.1) is 0 Å². The van der Waals surface area contributed by atoms with Crippen molar-refractivity contribution in [1.29, 1.82) is 0 Å². The molecule has 0 aromatic rings.